The van der Waals surface area contributed by atoms with E-state index in [0.29, 0.717) is 12.8 Å². The number of benzene rings is 1. The molecular weight excluding hydrogens is 264 g/mol. The van der Waals surface area contributed by atoms with Crippen molar-refractivity contribution in [1.82, 2.24) is 0 Å². The van der Waals surface area contributed by atoms with Gasteiger partial charge in [0.1, 0.15) is 4.90 Å². The molecular formula is C14H20O4S. The second-order valence-electron chi connectivity index (χ2n) is 4.42. The van der Waals surface area contributed by atoms with Crippen molar-refractivity contribution >= 4 is 16.1 Å². The van der Waals surface area contributed by atoms with Crippen molar-refractivity contribution in [2.45, 2.75) is 44.4 Å². The molecule has 106 valence electrons. The zero-order chi connectivity index (χ0) is 14.3. The van der Waals surface area contributed by atoms with Crippen LogP contribution in [0.2, 0.25) is 0 Å². The summed E-state index contributed by atoms with van der Waals surface area (Å²) in [6, 6.07) is 7.71. The van der Waals surface area contributed by atoms with Crippen LogP contribution in [0.5, 0.6) is 0 Å². The maximum Gasteiger partial charge on any atom is 0.341 e. The second kappa shape index (κ2) is 7.28. The van der Waals surface area contributed by atoms with Crippen LogP contribution in [0.3, 0.4) is 0 Å². The van der Waals surface area contributed by atoms with Gasteiger partial charge in [0.2, 0.25) is 0 Å². The number of hydrogen-bond donors (Lipinski definition) is 0. The first kappa shape index (κ1) is 15.7. The Labute approximate surface area is 114 Å². The van der Waals surface area contributed by atoms with Gasteiger partial charge in [-0.25, -0.2) is 0 Å². The lowest BCUT2D eigenvalue weighted by Crippen LogP contribution is -2.21. The van der Waals surface area contributed by atoms with Crippen molar-refractivity contribution in [3.8, 4) is 0 Å². The van der Waals surface area contributed by atoms with Gasteiger partial charge >= 0.3 is 16.1 Å². The normalized spacial score (nSPS) is 12.9. The maximum absolute atomic E-state index is 11.9. The molecule has 0 N–H and O–H groups in total. The Kier molecular flexibility index (Phi) is 6.02. The van der Waals surface area contributed by atoms with Gasteiger partial charge in [0.05, 0.1) is 5.92 Å². The molecule has 0 saturated heterocycles. The van der Waals surface area contributed by atoms with Gasteiger partial charge in [-0.3, -0.25) is 4.79 Å². The van der Waals surface area contributed by atoms with Gasteiger partial charge in [-0.2, -0.15) is 8.42 Å². The third-order valence-corrected chi connectivity index (χ3v) is 4.19. The number of carbonyl (C=O) groups is 1. The monoisotopic (exact) mass is 284 g/mol. The summed E-state index contributed by atoms with van der Waals surface area (Å²) in [6.45, 7) is 3.88. The minimum absolute atomic E-state index is 0.00805. The first-order chi connectivity index (χ1) is 9.01. The molecule has 0 aliphatic carbocycles. The number of carbonyl (C=O) groups excluding carboxylic acids is 1. The van der Waals surface area contributed by atoms with E-state index in [1.54, 1.807) is 18.2 Å². The molecule has 1 unspecified atom stereocenters. The van der Waals surface area contributed by atoms with E-state index in [1.165, 1.54) is 12.1 Å². The summed E-state index contributed by atoms with van der Waals surface area (Å²) >= 11 is 0. The molecule has 0 amide bonds. The molecule has 0 fully saturated rings. The van der Waals surface area contributed by atoms with Crippen molar-refractivity contribution in [2.75, 3.05) is 0 Å². The minimum Gasteiger partial charge on any atom is -0.342 e. The molecule has 0 bridgehead atoms. The van der Waals surface area contributed by atoms with E-state index in [1.807, 2.05) is 13.8 Å². The Balaban J connectivity index is 2.75. The van der Waals surface area contributed by atoms with Crippen LogP contribution in [0.15, 0.2) is 35.2 Å². The number of unbranched alkanes of at least 4 members (excludes halogenated alkanes) is 1. The fourth-order valence-corrected chi connectivity index (χ4v) is 2.69. The van der Waals surface area contributed by atoms with Crippen LogP contribution in [0.25, 0.3) is 0 Å². The lowest BCUT2D eigenvalue weighted by molar-refractivity contribution is -0.138. The maximum atomic E-state index is 11.9. The first-order valence-electron chi connectivity index (χ1n) is 6.54. The fraction of sp³-hybridized carbons (Fsp3) is 0.500. The average Bonchev–Trinajstić information content (AvgIpc) is 2.40. The first-order valence-corrected chi connectivity index (χ1v) is 7.95. The van der Waals surface area contributed by atoms with E-state index in [0.717, 1.165) is 12.8 Å². The third kappa shape index (κ3) is 4.67. The molecule has 5 heteroatoms. The van der Waals surface area contributed by atoms with E-state index >= 15 is 0 Å². The van der Waals surface area contributed by atoms with Gasteiger partial charge in [-0.05, 0) is 25.0 Å². The predicted octanol–water partition coefficient (Wildman–Crippen LogP) is 3.13. The SMILES string of the molecule is CCCCC(CC)C(=O)OS(=O)(=O)c1ccccc1. The van der Waals surface area contributed by atoms with E-state index < -0.39 is 16.1 Å². The molecule has 4 nitrogen and oxygen atoms in total. The summed E-state index contributed by atoms with van der Waals surface area (Å²) in [6.07, 6.45) is 3.10. The van der Waals surface area contributed by atoms with Gasteiger partial charge in [0.25, 0.3) is 0 Å². The van der Waals surface area contributed by atoms with Crippen LogP contribution < -0.4 is 0 Å². The molecule has 0 aliphatic heterocycles. The van der Waals surface area contributed by atoms with Crippen LogP contribution in [-0.4, -0.2) is 14.4 Å². The smallest absolute Gasteiger partial charge is 0.341 e. The summed E-state index contributed by atoms with van der Waals surface area (Å²) in [5.74, 6) is -1.00. The van der Waals surface area contributed by atoms with Crippen molar-refractivity contribution in [3.63, 3.8) is 0 Å². The fourth-order valence-electron chi connectivity index (χ4n) is 1.75. The zero-order valence-corrected chi connectivity index (χ0v) is 12.2. The molecule has 0 aliphatic rings. The Morgan fingerprint density at radius 3 is 2.37 bits per heavy atom. The molecule has 1 atom stereocenters. The van der Waals surface area contributed by atoms with E-state index in [4.69, 9.17) is 4.18 Å². The van der Waals surface area contributed by atoms with E-state index in [9.17, 15) is 13.2 Å². The topological polar surface area (TPSA) is 60.4 Å². The van der Waals surface area contributed by atoms with Crippen molar-refractivity contribution in [2.24, 2.45) is 5.92 Å². The molecule has 1 aromatic carbocycles. The summed E-state index contributed by atoms with van der Waals surface area (Å²) in [5, 5.41) is 0. The Bertz CT molecular complexity index is 493. The second-order valence-corrected chi connectivity index (χ2v) is 5.96. The standard InChI is InChI=1S/C14H20O4S/c1-3-5-9-12(4-2)14(15)18-19(16,17)13-10-7-6-8-11-13/h6-8,10-12H,3-5,9H2,1-2H3. The Hall–Kier alpha value is -1.36. The highest BCUT2D eigenvalue weighted by Crippen LogP contribution is 2.18. The number of hydrogen-bond acceptors (Lipinski definition) is 4. The summed E-state index contributed by atoms with van der Waals surface area (Å²) in [4.78, 5) is 11.9. The van der Waals surface area contributed by atoms with Gasteiger partial charge in [-0.15, -0.1) is 0 Å². The zero-order valence-electron chi connectivity index (χ0n) is 11.3. The van der Waals surface area contributed by atoms with Crippen LogP contribution >= 0.6 is 0 Å². The van der Waals surface area contributed by atoms with Gasteiger partial charge < -0.3 is 4.18 Å². The Morgan fingerprint density at radius 1 is 1.21 bits per heavy atom. The Morgan fingerprint density at radius 2 is 1.84 bits per heavy atom. The highest BCUT2D eigenvalue weighted by molar-refractivity contribution is 7.87. The molecule has 0 saturated carbocycles. The van der Waals surface area contributed by atoms with Crippen molar-refractivity contribution in [1.29, 1.82) is 0 Å². The number of rotatable bonds is 7. The van der Waals surface area contributed by atoms with Crippen molar-refractivity contribution < 1.29 is 17.4 Å². The van der Waals surface area contributed by atoms with Gasteiger partial charge in [0, 0.05) is 0 Å². The lowest BCUT2D eigenvalue weighted by atomic mass is 10.00. The summed E-state index contributed by atoms with van der Waals surface area (Å²) in [7, 11) is -3.99. The molecule has 0 heterocycles. The van der Waals surface area contributed by atoms with Crippen LogP contribution in [0, 0.1) is 5.92 Å². The molecule has 19 heavy (non-hydrogen) atoms. The largest absolute Gasteiger partial charge is 0.342 e. The molecule has 1 rings (SSSR count). The van der Waals surface area contributed by atoms with Crippen molar-refractivity contribution in [3.05, 3.63) is 30.3 Å². The molecule has 0 radical (unpaired) electrons. The average molecular weight is 284 g/mol. The highest BCUT2D eigenvalue weighted by atomic mass is 32.2. The van der Waals surface area contributed by atoms with E-state index in [-0.39, 0.29) is 10.8 Å². The van der Waals surface area contributed by atoms with Crippen LogP contribution in [0.4, 0.5) is 0 Å². The lowest BCUT2D eigenvalue weighted by Gasteiger charge is -2.13. The predicted molar refractivity (Wildman–Crippen MR) is 73.0 cm³/mol. The van der Waals surface area contributed by atoms with E-state index in [2.05, 4.69) is 0 Å². The van der Waals surface area contributed by atoms with Crippen LogP contribution in [-0.2, 0) is 19.1 Å². The molecule has 0 spiro atoms. The summed E-state index contributed by atoms with van der Waals surface area (Å²) < 4.78 is 28.5. The van der Waals surface area contributed by atoms with Gasteiger partial charge in [-0.1, -0.05) is 44.9 Å². The highest BCUT2D eigenvalue weighted by Gasteiger charge is 2.25. The van der Waals surface area contributed by atoms with Crippen LogP contribution in [0.1, 0.15) is 39.5 Å². The third-order valence-electron chi connectivity index (χ3n) is 2.96. The van der Waals surface area contributed by atoms with Gasteiger partial charge in [0.15, 0.2) is 0 Å². The minimum atomic E-state index is -3.99. The molecule has 1 aromatic rings. The molecule has 0 aromatic heterocycles. The quantitative estimate of drug-likeness (QED) is 0.722. The summed E-state index contributed by atoms with van der Waals surface area (Å²) in [5.41, 5.74) is 0.